The van der Waals surface area contributed by atoms with Gasteiger partial charge in [0.1, 0.15) is 5.76 Å². The molecule has 5 heteroatoms. The first-order valence-electron chi connectivity index (χ1n) is 6.97. The third-order valence-electron chi connectivity index (χ3n) is 3.26. The smallest absolute Gasteiger partial charge is 0.244 e. The fourth-order valence-electron chi connectivity index (χ4n) is 2.02. The Morgan fingerprint density at radius 3 is 2.64 bits per heavy atom. The molecule has 1 unspecified atom stereocenters. The minimum atomic E-state index is -0.145. The lowest BCUT2D eigenvalue weighted by Crippen LogP contribution is -2.33. The highest BCUT2D eigenvalue weighted by molar-refractivity contribution is 6.30. The second-order valence-electron chi connectivity index (χ2n) is 5.12. The van der Waals surface area contributed by atoms with E-state index in [-0.39, 0.29) is 11.9 Å². The van der Waals surface area contributed by atoms with E-state index in [4.69, 9.17) is 16.0 Å². The van der Waals surface area contributed by atoms with Crippen molar-refractivity contribution in [3.8, 4) is 0 Å². The second kappa shape index (κ2) is 7.82. The van der Waals surface area contributed by atoms with E-state index in [2.05, 4.69) is 5.32 Å². The van der Waals surface area contributed by atoms with Crippen LogP contribution in [0.1, 0.15) is 17.4 Å². The summed E-state index contributed by atoms with van der Waals surface area (Å²) in [6.45, 7) is 0.476. The lowest BCUT2D eigenvalue weighted by atomic mass is 10.2. The molecule has 0 aliphatic heterocycles. The zero-order chi connectivity index (χ0) is 15.9. The molecule has 1 N–H and O–H groups in total. The van der Waals surface area contributed by atoms with Crippen LogP contribution in [0.3, 0.4) is 0 Å². The van der Waals surface area contributed by atoms with Gasteiger partial charge in [0.25, 0.3) is 0 Å². The van der Waals surface area contributed by atoms with Crippen LogP contribution in [0.15, 0.2) is 53.2 Å². The average Bonchev–Trinajstić information content (AvgIpc) is 3.00. The van der Waals surface area contributed by atoms with Gasteiger partial charge in [-0.1, -0.05) is 23.7 Å². The summed E-state index contributed by atoms with van der Waals surface area (Å²) >= 11 is 5.82. The van der Waals surface area contributed by atoms with Crippen LogP contribution in [0.5, 0.6) is 0 Å². The van der Waals surface area contributed by atoms with Crippen LogP contribution in [0.2, 0.25) is 5.02 Å². The molecule has 1 amide bonds. The van der Waals surface area contributed by atoms with E-state index in [1.165, 1.54) is 6.08 Å². The maximum Gasteiger partial charge on any atom is 0.244 e. The van der Waals surface area contributed by atoms with Gasteiger partial charge in [-0.3, -0.25) is 9.69 Å². The third kappa shape index (κ3) is 4.76. The summed E-state index contributed by atoms with van der Waals surface area (Å²) in [5.41, 5.74) is 0.926. The lowest BCUT2D eigenvalue weighted by molar-refractivity contribution is -0.116. The Hall–Kier alpha value is -2.04. The van der Waals surface area contributed by atoms with Gasteiger partial charge in [0.05, 0.1) is 12.3 Å². The summed E-state index contributed by atoms with van der Waals surface area (Å²) in [5, 5.41) is 3.56. The zero-order valence-electron chi connectivity index (χ0n) is 12.6. The molecular weight excluding hydrogens is 300 g/mol. The summed E-state index contributed by atoms with van der Waals surface area (Å²) in [4.78, 5) is 13.9. The minimum absolute atomic E-state index is 0.00267. The molecule has 2 rings (SSSR count). The zero-order valence-corrected chi connectivity index (χ0v) is 13.4. The van der Waals surface area contributed by atoms with Crippen molar-refractivity contribution in [2.75, 3.05) is 20.6 Å². The second-order valence-corrected chi connectivity index (χ2v) is 5.56. The highest BCUT2D eigenvalue weighted by Gasteiger charge is 2.17. The Morgan fingerprint density at radius 2 is 2.05 bits per heavy atom. The molecule has 1 heterocycles. The molecule has 0 bridgehead atoms. The minimum Gasteiger partial charge on any atom is -0.468 e. The first-order chi connectivity index (χ1) is 10.6. The molecule has 0 saturated heterocycles. The van der Waals surface area contributed by atoms with Crippen LogP contribution < -0.4 is 5.32 Å². The van der Waals surface area contributed by atoms with Gasteiger partial charge < -0.3 is 9.73 Å². The number of likely N-dealkylation sites (N-methyl/N-ethyl adjacent to an activating group) is 1. The highest BCUT2D eigenvalue weighted by atomic mass is 35.5. The number of carbonyl (C=O) groups excluding carboxylic acids is 1. The van der Waals surface area contributed by atoms with Gasteiger partial charge in [-0.2, -0.15) is 0 Å². The number of hydrogen-bond acceptors (Lipinski definition) is 3. The number of furan rings is 1. The van der Waals surface area contributed by atoms with E-state index in [1.54, 1.807) is 24.5 Å². The van der Waals surface area contributed by atoms with Crippen molar-refractivity contribution >= 4 is 23.6 Å². The van der Waals surface area contributed by atoms with E-state index in [1.807, 2.05) is 43.3 Å². The molecule has 116 valence electrons. The van der Waals surface area contributed by atoms with Gasteiger partial charge in [0, 0.05) is 17.6 Å². The van der Waals surface area contributed by atoms with Crippen molar-refractivity contribution in [1.29, 1.82) is 0 Å². The molecular formula is C17H19ClN2O2. The number of carbonyl (C=O) groups is 1. The maximum atomic E-state index is 11.9. The predicted molar refractivity (Wildman–Crippen MR) is 88.6 cm³/mol. The van der Waals surface area contributed by atoms with Gasteiger partial charge in [-0.05, 0) is 50.0 Å². The van der Waals surface area contributed by atoms with E-state index < -0.39 is 0 Å². The number of nitrogens with one attached hydrogen (secondary N) is 1. The largest absolute Gasteiger partial charge is 0.468 e. The Labute approximate surface area is 135 Å². The van der Waals surface area contributed by atoms with E-state index in [9.17, 15) is 4.79 Å². The van der Waals surface area contributed by atoms with E-state index in [0.717, 1.165) is 11.3 Å². The van der Waals surface area contributed by atoms with Gasteiger partial charge >= 0.3 is 0 Å². The van der Waals surface area contributed by atoms with Crippen molar-refractivity contribution in [3.05, 3.63) is 65.1 Å². The fraction of sp³-hybridized carbons (Fsp3) is 0.235. The number of halogens is 1. The third-order valence-corrected chi connectivity index (χ3v) is 3.51. The Kier molecular flexibility index (Phi) is 5.81. The molecule has 0 fully saturated rings. The predicted octanol–water partition coefficient (Wildman–Crippen LogP) is 3.37. The number of amides is 1. The summed E-state index contributed by atoms with van der Waals surface area (Å²) in [7, 11) is 3.89. The van der Waals surface area contributed by atoms with E-state index in [0.29, 0.717) is 11.6 Å². The van der Waals surface area contributed by atoms with Crippen LogP contribution in [0.4, 0.5) is 0 Å². The Bertz CT molecular complexity index is 619. The molecule has 2 aromatic rings. The highest BCUT2D eigenvalue weighted by Crippen LogP contribution is 2.17. The number of rotatable bonds is 6. The summed E-state index contributed by atoms with van der Waals surface area (Å²) < 4.78 is 5.41. The molecule has 0 aliphatic rings. The van der Waals surface area contributed by atoms with Gasteiger partial charge in [-0.25, -0.2) is 0 Å². The maximum absolute atomic E-state index is 11.9. The molecule has 0 spiro atoms. The summed E-state index contributed by atoms with van der Waals surface area (Å²) in [5.74, 6) is 0.681. The Balaban J connectivity index is 1.90. The normalized spacial score (nSPS) is 12.7. The number of hydrogen-bond donors (Lipinski definition) is 1. The number of benzene rings is 1. The SMILES string of the molecule is CN(C)C(CNC(=O)C=Cc1ccc(Cl)cc1)c1ccco1. The summed E-state index contributed by atoms with van der Waals surface area (Å²) in [6, 6.07) is 11.0. The molecule has 1 aromatic heterocycles. The van der Waals surface area contributed by atoms with Crippen LogP contribution >= 0.6 is 11.6 Å². The van der Waals surface area contributed by atoms with Crippen LogP contribution in [-0.4, -0.2) is 31.4 Å². The molecule has 0 aliphatic carbocycles. The molecule has 0 radical (unpaired) electrons. The molecule has 0 saturated carbocycles. The van der Waals surface area contributed by atoms with Gasteiger partial charge in [0.2, 0.25) is 5.91 Å². The first kappa shape index (κ1) is 16.3. The van der Waals surface area contributed by atoms with Gasteiger partial charge in [0.15, 0.2) is 0 Å². The summed E-state index contributed by atoms with van der Waals surface area (Å²) in [6.07, 6.45) is 4.90. The lowest BCUT2D eigenvalue weighted by Gasteiger charge is -2.22. The average molecular weight is 319 g/mol. The van der Waals surface area contributed by atoms with Gasteiger partial charge in [-0.15, -0.1) is 0 Å². The van der Waals surface area contributed by atoms with Crippen molar-refractivity contribution < 1.29 is 9.21 Å². The van der Waals surface area contributed by atoms with Crippen molar-refractivity contribution in [1.82, 2.24) is 10.2 Å². The molecule has 22 heavy (non-hydrogen) atoms. The first-order valence-corrected chi connectivity index (χ1v) is 7.35. The standard InChI is InChI=1S/C17H19ClN2O2/c1-20(2)15(16-4-3-11-22-16)12-19-17(21)10-7-13-5-8-14(18)9-6-13/h3-11,15H,12H2,1-2H3,(H,19,21). The molecule has 1 aromatic carbocycles. The molecule has 4 nitrogen and oxygen atoms in total. The quantitative estimate of drug-likeness (QED) is 0.831. The van der Waals surface area contributed by atoms with Crippen LogP contribution in [0, 0.1) is 0 Å². The Morgan fingerprint density at radius 1 is 1.32 bits per heavy atom. The van der Waals surface area contributed by atoms with E-state index >= 15 is 0 Å². The molecule has 1 atom stereocenters. The van der Waals surface area contributed by atoms with Crippen molar-refractivity contribution in [2.24, 2.45) is 0 Å². The topological polar surface area (TPSA) is 45.5 Å². The van der Waals surface area contributed by atoms with Crippen LogP contribution in [-0.2, 0) is 4.79 Å². The van der Waals surface area contributed by atoms with Crippen LogP contribution in [0.25, 0.3) is 6.08 Å². The monoisotopic (exact) mass is 318 g/mol. The van der Waals surface area contributed by atoms with Crippen molar-refractivity contribution in [2.45, 2.75) is 6.04 Å². The number of nitrogens with zero attached hydrogens (tertiary/aromatic N) is 1. The fourth-order valence-corrected chi connectivity index (χ4v) is 2.15. The van der Waals surface area contributed by atoms with Crippen molar-refractivity contribution in [3.63, 3.8) is 0 Å².